The molecular formula is C48H59BrF2N11O4P. The highest BCUT2D eigenvalue weighted by atomic mass is 79.9. The zero-order valence-electron chi connectivity index (χ0n) is 38.4. The largest absolute Gasteiger partial charge is 0.494 e. The smallest absolute Gasteiger partial charge is 0.234 e. The molecule has 3 aliphatic heterocycles. The normalized spacial score (nSPS) is 17.5. The second kappa shape index (κ2) is 21.3. The molecule has 5 aromatic rings. The first kappa shape index (κ1) is 48.2. The van der Waals surface area contributed by atoms with Crippen molar-refractivity contribution in [2.75, 3.05) is 86.7 Å². The Morgan fingerprint density at radius 3 is 2.34 bits per heavy atom. The van der Waals surface area contributed by atoms with Gasteiger partial charge >= 0.3 is 0 Å². The first-order valence-corrected chi connectivity index (χ1v) is 26.5. The molecule has 2 aromatic heterocycles. The standard InChI is InChI=1S/C48H59BrF2N11O4P/c1-5-30-22-40(58-48-55-27-35(49)46(60-48)57-39-8-7-38-34(26-53-28-56-38)45(39)67(3,4)65)42(66-2)25-41(30)62-20-13-31(14-21-62)54-17-16-52-15-10-29-11-18-61(19-12-29)32-23-36(50)44(37(51)24-32)33-6-9-43(63)59-47(33)64/h7-8,22-29,31,33,52,54H,5-6,9-21H2,1-4H3,(H,59,63,64)(H2,55,57,58,60). The summed E-state index contributed by atoms with van der Waals surface area (Å²) in [4.78, 5) is 46.1. The van der Waals surface area contributed by atoms with Crippen LogP contribution in [0.3, 0.4) is 0 Å². The van der Waals surface area contributed by atoms with Gasteiger partial charge in [0.2, 0.25) is 17.8 Å². The number of nitrogens with zero attached hydrogens (tertiary/aromatic N) is 6. The van der Waals surface area contributed by atoms with Gasteiger partial charge in [0.25, 0.3) is 0 Å². The molecule has 5 heterocycles. The summed E-state index contributed by atoms with van der Waals surface area (Å²) < 4.78 is 50.4. The molecule has 19 heteroatoms. The minimum Gasteiger partial charge on any atom is -0.494 e. The highest BCUT2D eigenvalue weighted by Gasteiger charge is 2.33. The Hall–Kier alpha value is -5.29. The number of rotatable bonds is 17. The van der Waals surface area contributed by atoms with E-state index in [1.807, 2.05) is 17.0 Å². The summed E-state index contributed by atoms with van der Waals surface area (Å²) in [6, 6.07) is 11.0. The van der Waals surface area contributed by atoms with Gasteiger partial charge in [-0.1, -0.05) is 6.92 Å². The van der Waals surface area contributed by atoms with E-state index >= 15 is 8.78 Å². The number of nitrogens with one attached hydrogen (secondary N) is 5. The van der Waals surface area contributed by atoms with Crippen LogP contribution in [-0.2, 0) is 20.6 Å². The molecule has 67 heavy (non-hydrogen) atoms. The molecule has 0 radical (unpaired) electrons. The van der Waals surface area contributed by atoms with Gasteiger partial charge in [-0.15, -0.1) is 0 Å². The first-order valence-electron chi connectivity index (χ1n) is 23.1. The molecule has 356 valence electrons. The molecule has 3 saturated heterocycles. The fourth-order valence-electron chi connectivity index (χ4n) is 9.60. The van der Waals surface area contributed by atoms with Crippen LogP contribution in [0.4, 0.5) is 43.3 Å². The van der Waals surface area contributed by atoms with Crippen molar-refractivity contribution < 1.29 is 27.7 Å². The summed E-state index contributed by atoms with van der Waals surface area (Å²) in [6.45, 7) is 11.6. The predicted molar refractivity (Wildman–Crippen MR) is 264 cm³/mol. The Balaban J connectivity index is 0.781. The topological polar surface area (TPSA) is 179 Å². The number of carbonyl (C=O) groups excluding carboxylic acids is 2. The van der Waals surface area contributed by atoms with Crippen molar-refractivity contribution in [3.63, 3.8) is 0 Å². The summed E-state index contributed by atoms with van der Waals surface area (Å²) in [5.41, 5.74) is 4.71. The van der Waals surface area contributed by atoms with E-state index < -0.39 is 36.5 Å². The van der Waals surface area contributed by atoms with Gasteiger partial charge in [-0.2, -0.15) is 4.98 Å². The highest BCUT2D eigenvalue weighted by Crippen LogP contribution is 2.42. The number of amides is 2. The molecule has 3 fully saturated rings. The number of ether oxygens (including phenoxy) is 1. The monoisotopic (exact) mass is 1000 g/mol. The number of imide groups is 1. The quantitative estimate of drug-likeness (QED) is 0.0347. The fourth-order valence-corrected chi connectivity index (χ4v) is 11.4. The molecule has 2 amide bonds. The zero-order chi connectivity index (χ0) is 47.2. The Morgan fingerprint density at radius 2 is 1.64 bits per heavy atom. The van der Waals surface area contributed by atoms with Gasteiger partial charge in [-0.3, -0.25) is 14.9 Å². The van der Waals surface area contributed by atoms with Crippen LogP contribution in [0.1, 0.15) is 68.9 Å². The minimum atomic E-state index is -2.76. The molecule has 1 unspecified atom stereocenters. The van der Waals surface area contributed by atoms with Crippen molar-refractivity contribution in [1.82, 2.24) is 35.9 Å². The molecule has 3 aromatic carbocycles. The maximum atomic E-state index is 15.1. The number of halogens is 3. The summed E-state index contributed by atoms with van der Waals surface area (Å²) in [5.74, 6) is -1.44. The lowest BCUT2D eigenvalue weighted by Crippen LogP contribution is -2.44. The molecule has 5 N–H and O–H groups in total. The Bertz CT molecular complexity index is 2630. The highest BCUT2D eigenvalue weighted by molar-refractivity contribution is 9.10. The van der Waals surface area contributed by atoms with Crippen LogP contribution >= 0.6 is 23.1 Å². The molecule has 0 bridgehead atoms. The molecule has 0 saturated carbocycles. The number of piperidine rings is 3. The molecule has 0 aliphatic carbocycles. The Kier molecular flexibility index (Phi) is 15.3. The van der Waals surface area contributed by atoms with Gasteiger partial charge in [0, 0.05) is 97.8 Å². The van der Waals surface area contributed by atoms with Crippen molar-refractivity contribution in [2.45, 2.75) is 70.3 Å². The van der Waals surface area contributed by atoms with E-state index in [0.29, 0.717) is 63.7 Å². The van der Waals surface area contributed by atoms with Crippen molar-refractivity contribution in [3.05, 3.63) is 82.4 Å². The van der Waals surface area contributed by atoms with Crippen LogP contribution in [-0.4, -0.2) is 104 Å². The average Bonchev–Trinajstić information content (AvgIpc) is 3.31. The average molecular weight is 1000 g/mol. The van der Waals surface area contributed by atoms with E-state index in [-0.39, 0.29) is 18.4 Å². The van der Waals surface area contributed by atoms with Crippen LogP contribution in [0.2, 0.25) is 0 Å². The van der Waals surface area contributed by atoms with Gasteiger partial charge in [0.05, 0.1) is 34.4 Å². The number of carbonyl (C=O) groups is 2. The Labute approximate surface area is 398 Å². The molecular weight excluding hydrogens is 943 g/mol. The number of hydrogen-bond donors (Lipinski definition) is 5. The lowest BCUT2D eigenvalue weighted by Gasteiger charge is -2.35. The van der Waals surface area contributed by atoms with Crippen LogP contribution in [0.5, 0.6) is 5.75 Å². The summed E-state index contributed by atoms with van der Waals surface area (Å²) in [7, 11) is -1.09. The van der Waals surface area contributed by atoms with Gasteiger partial charge < -0.3 is 40.4 Å². The van der Waals surface area contributed by atoms with Crippen molar-refractivity contribution in [1.29, 1.82) is 0 Å². The van der Waals surface area contributed by atoms with E-state index in [9.17, 15) is 14.2 Å². The summed E-state index contributed by atoms with van der Waals surface area (Å²) >= 11 is 3.59. The van der Waals surface area contributed by atoms with Crippen molar-refractivity contribution >= 4 is 85.6 Å². The SMILES string of the molecule is CCc1cc(Nc2ncc(Br)c(Nc3ccc4ncncc4c3P(C)(C)=O)n2)c(OC)cc1N1CCC(NCCNCCC2CCN(c3cc(F)c(C4CCC(=O)NC4=O)c(F)c3)CC2)CC1. The summed E-state index contributed by atoms with van der Waals surface area (Å²) in [5, 5.41) is 17.7. The van der Waals surface area contributed by atoms with Gasteiger partial charge in [0.1, 0.15) is 36.7 Å². The van der Waals surface area contributed by atoms with E-state index in [1.165, 1.54) is 24.0 Å². The van der Waals surface area contributed by atoms with Crippen molar-refractivity contribution in [3.8, 4) is 5.75 Å². The summed E-state index contributed by atoms with van der Waals surface area (Å²) in [6.07, 6.45) is 10.8. The predicted octanol–water partition coefficient (Wildman–Crippen LogP) is 7.74. The van der Waals surface area contributed by atoms with Crippen LogP contribution in [0.25, 0.3) is 10.9 Å². The maximum absolute atomic E-state index is 15.1. The van der Waals surface area contributed by atoms with Gasteiger partial charge in [0.15, 0.2) is 0 Å². The van der Waals surface area contributed by atoms with E-state index in [2.05, 4.69) is 81.4 Å². The Morgan fingerprint density at radius 1 is 0.896 bits per heavy atom. The van der Waals surface area contributed by atoms with E-state index in [1.54, 1.807) is 32.8 Å². The number of fused-ring (bicyclic) bond motifs is 1. The number of aryl methyl sites for hydroxylation is 1. The lowest BCUT2D eigenvalue weighted by molar-refractivity contribution is -0.134. The van der Waals surface area contributed by atoms with E-state index in [4.69, 9.17) is 9.72 Å². The number of methoxy groups -OCH3 is 1. The van der Waals surface area contributed by atoms with E-state index in [0.717, 1.165) is 93.5 Å². The lowest BCUT2D eigenvalue weighted by atomic mass is 9.89. The number of anilines is 6. The van der Waals surface area contributed by atoms with Crippen LogP contribution in [0.15, 0.2) is 59.6 Å². The molecule has 15 nitrogen and oxygen atoms in total. The van der Waals surface area contributed by atoms with Gasteiger partial charge in [-0.05, 0) is 123 Å². The maximum Gasteiger partial charge on any atom is 0.234 e. The molecule has 3 aliphatic rings. The van der Waals surface area contributed by atoms with Gasteiger partial charge in [-0.25, -0.2) is 23.7 Å². The number of benzene rings is 3. The number of aromatic nitrogens is 4. The molecule has 8 rings (SSSR count). The first-order chi connectivity index (χ1) is 32.3. The van der Waals surface area contributed by atoms with Crippen LogP contribution < -0.4 is 46.4 Å². The minimum absolute atomic E-state index is 0.0660. The zero-order valence-corrected chi connectivity index (χ0v) is 40.9. The third kappa shape index (κ3) is 11.4. The second-order valence-corrected chi connectivity index (χ2v) is 22.0. The third-order valence-electron chi connectivity index (χ3n) is 13.2. The van der Waals surface area contributed by atoms with Crippen LogP contribution in [0, 0.1) is 17.6 Å². The fraction of sp³-hybridized carbons (Fsp3) is 0.458. The molecule has 1 atom stereocenters. The molecule has 0 spiro atoms. The number of hydrogen-bond acceptors (Lipinski definition) is 14. The second-order valence-electron chi connectivity index (χ2n) is 18.0. The van der Waals surface area contributed by atoms with Crippen molar-refractivity contribution in [2.24, 2.45) is 5.92 Å². The third-order valence-corrected chi connectivity index (χ3v) is 15.3.